The van der Waals surface area contributed by atoms with Crippen molar-refractivity contribution in [3.8, 4) is 0 Å². The summed E-state index contributed by atoms with van der Waals surface area (Å²) in [7, 11) is 0. The van der Waals surface area contributed by atoms with Crippen molar-refractivity contribution in [2.45, 2.75) is 70.5 Å². The second-order valence-corrected chi connectivity index (χ2v) is 6.82. The normalized spacial score (nSPS) is 14.7. The molecule has 2 atom stereocenters. The second kappa shape index (κ2) is 13.8. The number of alkyl halides is 1. The first-order valence-electron chi connectivity index (χ1n) is 7.46. The molecule has 0 saturated heterocycles. The van der Waals surface area contributed by atoms with Crippen LogP contribution in [-0.4, -0.2) is 24.8 Å². The van der Waals surface area contributed by atoms with Gasteiger partial charge in [0.05, 0.1) is 0 Å². The van der Waals surface area contributed by atoms with Crippen molar-refractivity contribution in [2.75, 3.05) is 20.0 Å². The van der Waals surface area contributed by atoms with Gasteiger partial charge in [0.15, 0.2) is 0 Å². The molecule has 18 heavy (non-hydrogen) atoms. The largest absolute Gasteiger partial charge is 0.355 e. The summed E-state index contributed by atoms with van der Waals surface area (Å²) < 4.78 is 10.9. The fourth-order valence-corrected chi connectivity index (χ4v) is 2.65. The average molecular weight is 323 g/mol. The summed E-state index contributed by atoms with van der Waals surface area (Å²) in [6.45, 7) is 8.88. The third kappa shape index (κ3) is 14.5. The van der Waals surface area contributed by atoms with Gasteiger partial charge in [0.25, 0.3) is 0 Å². The molecule has 0 fully saturated rings. The molecule has 2 unspecified atom stereocenters. The Hall–Kier alpha value is 0.400. The summed E-state index contributed by atoms with van der Waals surface area (Å²) >= 11 is 3.59. The highest BCUT2D eigenvalue weighted by Crippen LogP contribution is 2.16. The summed E-state index contributed by atoms with van der Waals surface area (Å²) in [5, 5.41) is 0. The standard InChI is InChI=1S/C15H31BrO2/c1-4-5-6-7-10-17-13-18-11-8-9-14(2)12-15(3)16/h14-15H,4-13H2,1-3H3. The summed E-state index contributed by atoms with van der Waals surface area (Å²) in [4.78, 5) is 0.625. The lowest BCUT2D eigenvalue weighted by Gasteiger charge is -2.12. The van der Waals surface area contributed by atoms with Gasteiger partial charge in [-0.15, -0.1) is 0 Å². The van der Waals surface area contributed by atoms with E-state index >= 15 is 0 Å². The zero-order chi connectivity index (χ0) is 13.6. The van der Waals surface area contributed by atoms with E-state index in [1.54, 1.807) is 0 Å². The van der Waals surface area contributed by atoms with E-state index in [2.05, 4.69) is 36.7 Å². The van der Waals surface area contributed by atoms with E-state index in [0.29, 0.717) is 11.6 Å². The quantitative estimate of drug-likeness (QED) is 0.265. The SMILES string of the molecule is CCCCCCOCOCCCC(C)CC(C)Br. The van der Waals surface area contributed by atoms with E-state index in [-0.39, 0.29) is 0 Å². The number of rotatable bonds is 13. The summed E-state index contributed by atoms with van der Waals surface area (Å²) in [6.07, 6.45) is 8.66. The van der Waals surface area contributed by atoms with Crippen molar-refractivity contribution >= 4 is 15.9 Å². The molecule has 0 heterocycles. The lowest BCUT2D eigenvalue weighted by atomic mass is 10.0. The molecule has 0 spiro atoms. The summed E-state index contributed by atoms with van der Waals surface area (Å²) in [6, 6.07) is 0. The minimum Gasteiger partial charge on any atom is -0.355 e. The Balaban J connectivity index is 3.07. The zero-order valence-corrected chi connectivity index (χ0v) is 14.0. The summed E-state index contributed by atoms with van der Waals surface area (Å²) in [5.41, 5.74) is 0. The van der Waals surface area contributed by atoms with Crippen LogP contribution < -0.4 is 0 Å². The van der Waals surface area contributed by atoms with Gasteiger partial charge in [-0.2, -0.15) is 0 Å². The van der Waals surface area contributed by atoms with Crippen molar-refractivity contribution in [2.24, 2.45) is 5.92 Å². The molecule has 0 aromatic heterocycles. The Labute approximate surface area is 122 Å². The van der Waals surface area contributed by atoms with E-state index in [1.807, 2.05) is 0 Å². The molecule has 0 bridgehead atoms. The van der Waals surface area contributed by atoms with Gasteiger partial charge in [-0.25, -0.2) is 0 Å². The van der Waals surface area contributed by atoms with Crippen LogP contribution in [0, 0.1) is 5.92 Å². The fraction of sp³-hybridized carbons (Fsp3) is 1.00. The maximum atomic E-state index is 5.46. The van der Waals surface area contributed by atoms with Crippen LogP contribution in [0.5, 0.6) is 0 Å². The van der Waals surface area contributed by atoms with E-state index in [1.165, 1.54) is 32.1 Å². The first-order chi connectivity index (χ1) is 8.66. The van der Waals surface area contributed by atoms with Crippen LogP contribution in [0.4, 0.5) is 0 Å². The highest BCUT2D eigenvalue weighted by Gasteiger charge is 2.05. The zero-order valence-electron chi connectivity index (χ0n) is 12.4. The van der Waals surface area contributed by atoms with Crippen LogP contribution in [0.1, 0.15) is 65.7 Å². The molecular formula is C15H31BrO2. The molecule has 3 heteroatoms. The van der Waals surface area contributed by atoms with E-state index < -0.39 is 0 Å². The lowest BCUT2D eigenvalue weighted by molar-refractivity contribution is -0.0560. The molecule has 0 saturated carbocycles. The molecule has 0 aliphatic rings. The maximum Gasteiger partial charge on any atom is 0.146 e. The van der Waals surface area contributed by atoms with Crippen molar-refractivity contribution in [1.29, 1.82) is 0 Å². The van der Waals surface area contributed by atoms with Gasteiger partial charge in [0.1, 0.15) is 6.79 Å². The van der Waals surface area contributed by atoms with Gasteiger partial charge in [0.2, 0.25) is 0 Å². The Kier molecular flexibility index (Phi) is 14.1. The predicted octanol–water partition coefficient (Wildman–Crippen LogP) is 5.15. The number of halogens is 1. The molecular weight excluding hydrogens is 292 g/mol. The number of ether oxygens (including phenoxy) is 2. The molecule has 0 aliphatic heterocycles. The Morgan fingerprint density at radius 2 is 1.61 bits per heavy atom. The van der Waals surface area contributed by atoms with E-state index in [9.17, 15) is 0 Å². The molecule has 2 nitrogen and oxygen atoms in total. The van der Waals surface area contributed by atoms with Crippen molar-refractivity contribution in [3.05, 3.63) is 0 Å². The minimum atomic E-state index is 0.468. The topological polar surface area (TPSA) is 18.5 Å². The van der Waals surface area contributed by atoms with Gasteiger partial charge in [-0.05, 0) is 31.6 Å². The fourth-order valence-electron chi connectivity index (χ4n) is 2.01. The molecule has 0 amide bonds. The molecule has 0 aromatic carbocycles. The van der Waals surface area contributed by atoms with Gasteiger partial charge in [-0.1, -0.05) is 56.0 Å². The first-order valence-corrected chi connectivity index (χ1v) is 8.38. The molecule has 0 rings (SSSR count). The number of hydrogen-bond donors (Lipinski definition) is 0. The summed E-state index contributed by atoms with van der Waals surface area (Å²) in [5.74, 6) is 0.776. The van der Waals surface area contributed by atoms with Crippen LogP contribution in [0.3, 0.4) is 0 Å². The van der Waals surface area contributed by atoms with Crippen LogP contribution in [-0.2, 0) is 9.47 Å². The van der Waals surface area contributed by atoms with Gasteiger partial charge in [0, 0.05) is 18.0 Å². The maximum absolute atomic E-state index is 5.46. The third-order valence-corrected chi connectivity index (χ3v) is 3.40. The monoisotopic (exact) mass is 322 g/mol. The van der Waals surface area contributed by atoms with Crippen LogP contribution >= 0.6 is 15.9 Å². The second-order valence-electron chi connectivity index (χ2n) is 5.26. The van der Waals surface area contributed by atoms with Gasteiger partial charge in [-0.3, -0.25) is 0 Å². The smallest absolute Gasteiger partial charge is 0.146 e. The van der Waals surface area contributed by atoms with Crippen molar-refractivity contribution in [1.82, 2.24) is 0 Å². The lowest BCUT2D eigenvalue weighted by Crippen LogP contribution is -2.06. The molecule has 0 N–H and O–H groups in total. The number of unbranched alkanes of at least 4 members (excludes halogenated alkanes) is 3. The Bertz CT molecular complexity index is 163. The highest BCUT2D eigenvalue weighted by molar-refractivity contribution is 9.09. The average Bonchev–Trinajstić information content (AvgIpc) is 2.30. The minimum absolute atomic E-state index is 0.468. The van der Waals surface area contributed by atoms with Crippen LogP contribution in [0.2, 0.25) is 0 Å². The molecule has 0 radical (unpaired) electrons. The first kappa shape index (κ1) is 18.4. The Morgan fingerprint density at radius 3 is 2.22 bits per heavy atom. The third-order valence-electron chi connectivity index (χ3n) is 3.02. The van der Waals surface area contributed by atoms with Crippen LogP contribution in [0.15, 0.2) is 0 Å². The highest BCUT2D eigenvalue weighted by atomic mass is 79.9. The van der Waals surface area contributed by atoms with Crippen LogP contribution in [0.25, 0.3) is 0 Å². The van der Waals surface area contributed by atoms with E-state index in [4.69, 9.17) is 9.47 Å². The Morgan fingerprint density at radius 1 is 0.944 bits per heavy atom. The molecule has 0 aromatic rings. The van der Waals surface area contributed by atoms with Gasteiger partial charge >= 0.3 is 0 Å². The van der Waals surface area contributed by atoms with Gasteiger partial charge < -0.3 is 9.47 Å². The van der Waals surface area contributed by atoms with Crippen molar-refractivity contribution < 1.29 is 9.47 Å². The predicted molar refractivity (Wildman–Crippen MR) is 82.3 cm³/mol. The van der Waals surface area contributed by atoms with Crippen molar-refractivity contribution in [3.63, 3.8) is 0 Å². The molecule has 0 aliphatic carbocycles. The van der Waals surface area contributed by atoms with E-state index in [0.717, 1.165) is 32.0 Å². The molecule has 110 valence electrons. The number of hydrogen-bond acceptors (Lipinski definition) is 2.